The first-order chi connectivity index (χ1) is 11.4. The first kappa shape index (κ1) is 16.6. The van der Waals surface area contributed by atoms with Crippen molar-refractivity contribution in [2.75, 3.05) is 5.75 Å². The molecule has 0 atom stereocenters. The third-order valence-corrected chi connectivity index (χ3v) is 6.62. The molecule has 0 unspecified atom stereocenters. The lowest BCUT2D eigenvalue weighted by atomic mass is 10.2. The van der Waals surface area contributed by atoms with E-state index in [2.05, 4.69) is 4.99 Å². The molecular formula is C17H16N2O3S2. The van der Waals surface area contributed by atoms with Crippen LogP contribution >= 0.6 is 11.3 Å². The molecule has 24 heavy (non-hydrogen) atoms. The summed E-state index contributed by atoms with van der Waals surface area (Å²) in [6, 6.07) is 13.7. The number of para-hydroxylation sites is 1. The van der Waals surface area contributed by atoms with Crippen LogP contribution in [0.4, 0.5) is 0 Å². The highest BCUT2D eigenvalue weighted by molar-refractivity contribution is 7.91. The topological polar surface area (TPSA) is 68.5 Å². The second-order valence-electron chi connectivity index (χ2n) is 5.26. The van der Waals surface area contributed by atoms with Crippen molar-refractivity contribution in [3.05, 3.63) is 58.9 Å². The highest BCUT2D eigenvalue weighted by Gasteiger charge is 2.13. The van der Waals surface area contributed by atoms with Crippen LogP contribution in [0.2, 0.25) is 0 Å². The van der Waals surface area contributed by atoms with E-state index in [0.29, 0.717) is 10.4 Å². The summed E-state index contributed by atoms with van der Waals surface area (Å²) in [6.07, 6.45) is 0. The largest absolute Gasteiger partial charge is 0.319 e. The van der Waals surface area contributed by atoms with Gasteiger partial charge in [0.15, 0.2) is 14.6 Å². The molecule has 0 saturated carbocycles. The first-order valence-electron chi connectivity index (χ1n) is 7.39. The SMILES string of the molecule is CCS(=O)(=O)c1ccc(C(=O)N=c2sc3ccccc3n2C)cc1. The minimum absolute atomic E-state index is 0.0300. The fourth-order valence-corrected chi connectivity index (χ4v) is 4.21. The third-order valence-electron chi connectivity index (χ3n) is 3.75. The van der Waals surface area contributed by atoms with Crippen molar-refractivity contribution in [2.45, 2.75) is 11.8 Å². The Hall–Kier alpha value is -2.25. The zero-order valence-corrected chi connectivity index (χ0v) is 14.9. The molecule has 7 heteroatoms. The zero-order chi connectivity index (χ0) is 17.3. The van der Waals surface area contributed by atoms with Crippen LogP contribution in [0.1, 0.15) is 17.3 Å². The Kier molecular flexibility index (Phi) is 4.38. The minimum Gasteiger partial charge on any atom is -0.319 e. The van der Waals surface area contributed by atoms with Crippen LogP contribution in [0.25, 0.3) is 10.2 Å². The van der Waals surface area contributed by atoms with E-state index in [1.807, 2.05) is 35.9 Å². The van der Waals surface area contributed by atoms with Gasteiger partial charge in [-0.2, -0.15) is 4.99 Å². The molecule has 0 radical (unpaired) electrons. The average Bonchev–Trinajstić information content (AvgIpc) is 2.91. The number of hydrogen-bond acceptors (Lipinski definition) is 4. The molecule has 0 spiro atoms. The van der Waals surface area contributed by atoms with Crippen LogP contribution in [0.5, 0.6) is 0 Å². The summed E-state index contributed by atoms with van der Waals surface area (Å²) in [5, 5.41) is 0. The van der Waals surface area contributed by atoms with E-state index in [-0.39, 0.29) is 10.6 Å². The molecule has 1 aromatic heterocycles. The smallest absolute Gasteiger partial charge is 0.279 e. The maximum Gasteiger partial charge on any atom is 0.279 e. The van der Waals surface area contributed by atoms with E-state index in [9.17, 15) is 13.2 Å². The van der Waals surface area contributed by atoms with Crippen LogP contribution in [0, 0.1) is 0 Å². The quantitative estimate of drug-likeness (QED) is 0.721. The third kappa shape index (κ3) is 3.05. The van der Waals surface area contributed by atoms with Gasteiger partial charge >= 0.3 is 0 Å². The Morgan fingerprint density at radius 1 is 1.12 bits per heavy atom. The molecule has 0 aliphatic carbocycles. The number of amides is 1. The Labute approximate surface area is 143 Å². The second kappa shape index (κ2) is 6.33. The Bertz CT molecular complexity index is 1070. The predicted molar refractivity (Wildman–Crippen MR) is 94.9 cm³/mol. The summed E-state index contributed by atoms with van der Waals surface area (Å²) in [5.74, 6) is -0.361. The van der Waals surface area contributed by atoms with Crippen molar-refractivity contribution in [3.8, 4) is 0 Å². The number of hydrogen-bond donors (Lipinski definition) is 0. The lowest BCUT2D eigenvalue weighted by Gasteiger charge is -2.01. The number of sulfone groups is 1. The molecule has 124 valence electrons. The summed E-state index contributed by atoms with van der Waals surface area (Å²) >= 11 is 1.44. The maximum atomic E-state index is 12.4. The van der Waals surface area contributed by atoms with Crippen molar-refractivity contribution in [1.29, 1.82) is 0 Å². The van der Waals surface area contributed by atoms with Crippen LogP contribution in [-0.4, -0.2) is 24.6 Å². The number of nitrogens with zero attached hydrogens (tertiary/aromatic N) is 2. The average molecular weight is 360 g/mol. The van der Waals surface area contributed by atoms with Gasteiger partial charge in [-0.3, -0.25) is 4.79 Å². The number of benzene rings is 2. The van der Waals surface area contributed by atoms with Gasteiger partial charge in [-0.15, -0.1) is 0 Å². The van der Waals surface area contributed by atoms with E-state index >= 15 is 0 Å². The van der Waals surface area contributed by atoms with Gasteiger partial charge < -0.3 is 4.57 Å². The molecule has 0 aliphatic heterocycles. The lowest BCUT2D eigenvalue weighted by molar-refractivity contribution is 0.0998. The molecule has 3 aromatic rings. The molecule has 0 fully saturated rings. The molecule has 0 N–H and O–H groups in total. The summed E-state index contributed by atoms with van der Waals surface area (Å²) in [7, 11) is -1.40. The number of carbonyl (C=O) groups is 1. The van der Waals surface area contributed by atoms with Gasteiger partial charge in [0.2, 0.25) is 0 Å². The molecule has 5 nitrogen and oxygen atoms in total. The molecule has 0 bridgehead atoms. The Morgan fingerprint density at radius 3 is 2.42 bits per heavy atom. The Balaban J connectivity index is 1.98. The summed E-state index contributed by atoms with van der Waals surface area (Å²) in [4.78, 5) is 17.3. The monoisotopic (exact) mass is 360 g/mol. The van der Waals surface area contributed by atoms with Gasteiger partial charge in [-0.1, -0.05) is 30.4 Å². The predicted octanol–water partition coefficient (Wildman–Crippen LogP) is 2.77. The van der Waals surface area contributed by atoms with E-state index in [1.165, 1.54) is 35.6 Å². The number of carbonyl (C=O) groups excluding carboxylic acids is 1. The summed E-state index contributed by atoms with van der Waals surface area (Å²) in [6.45, 7) is 1.59. The zero-order valence-electron chi connectivity index (χ0n) is 13.3. The molecule has 1 heterocycles. The van der Waals surface area contributed by atoms with Crippen LogP contribution < -0.4 is 4.80 Å². The van der Waals surface area contributed by atoms with Gasteiger partial charge in [0, 0.05) is 12.6 Å². The van der Waals surface area contributed by atoms with E-state index in [4.69, 9.17) is 0 Å². The normalized spacial score (nSPS) is 12.7. The summed E-state index contributed by atoms with van der Waals surface area (Å²) in [5.41, 5.74) is 1.38. The molecule has 0 saturated heterocycles. The van der Waals surface area contributed by atoms with Crippen molar-refractivity contribution in [3.63, 3.8) is 0 Å². The van der Waals surface area contributed by atoms with E-state index in [0.717, 1.165) is 10.2 Å². The van der Waals surface area contributed by atoms with Gasteiger partial charge in [0.05, 0.1) is 20.9 Å². The highest BCUT2D eigenvalue weighted by Crippen LogP contribution is 2.16. The molecule has 0 aliphatic rings. The molecular weight excluding hydrogens is 344 g/mol. The van der Waals surface area contributed by atoms with Crippen molar-refractivity contribution < 1.29 is 13.2 Å². The van der Waals surface area contributed by atoms with Crippen molar-refractivity contribution in [1.82, 2.24) is 4.57 Å². The maximum absolute atomic E-state index is 12.4. The van der Waals surface area contributed by atoms with Gasteiger partial charge in [0.1, 0.15) is 0 Å². The van der Waals surface area contributed by atoms with E-state index < -0.39 is 15.7 Å². The fraction of sp³-hybridized carbons (Fsp3) is 0.176. The molecule has 2 aromatic carbocycles. The molecule has 3 rings (SSSR count). The van der Waals surface area contributed by atoms with Gasteiger partial charge in [-0.25, -0.2) is 8.42 Å². The van der Waals surface area contributed by atoms with Crippen LogP contribution in [0.3, 0.4) is 0 Å². The van der Waals surface area contributed by atoms with E-state index in [1.54, 1.807) is 6.92 Å². The number of aryl methyl sites for hydroxylation is 1. The number of fused-ring (bicyclic) bond motifs is 1. The standard InChI is InChI=1S/C17H16N2O3S2/c1-3-24(21,22)13-10-8-12(9-11-13)16(20)18-17-19(2)14-6-4-5-7-15(14)23-17/h4-11H,3H2,1-2H3. The van der Waals surface area contributed by atoms with Gasteiger partial charge in [0.25, 0.3) is 5.91 Å². The fourth-order valence-electron chi connectivity index (χ4n) is 2.31. The second-order valence-corrected chi connectivity index (χ2v) is 8.54. The van der Waals surface area contributed by atoms with Crippen LogP contribution in [-0.2, 0) is 16.9 Å². The van der Waals surface area contributed by atoms with Crippen LogP contribution in [0.15, 0.2) is 58.4 Å². The highest BCUT2D eigenvalue weighted by atomic mass is 32.2. The number of thiazole rings is 1. The van der Waals surface area contributed by atoms with Crippen molar-refractivity contribution in [2.24, 2.45) is 12.0 Å². The summed E-state index contributed by atoms with van der Waals surface area (Å²) < 4.78 is 26.5. The number of rotatable bonds is 3. The van der Waals surface area contributed by atoms with Crippen molar-refractivity contribution >= 4 is 37.3 Å². The van der Waals surface area contributed by atoms with Gasteiger partial charge in [-0.05, 0) is 36.4 Å². The minimum atomic E-state index is -3.27. The molecule has 1 amide bonds. The Morgan fingerprint density at radius 2 is 1.79 bits per heavy atom. The number of aromatic nitrogens is 1. The first-order valence-corrected chi connectivity index (χ1v) is 9.85. The lowest BCUT2D eigenvalue weighted by Crippen LogP contribution is -2.13.